The number of fused-ring (bicyclic) bond motifs is 1. The lowest BCUT2D eigenvalue weighted by Crippen LogP contribution is -2.02. The maximum atomic E-state index is 11.3. The van der Waals surface area contributed by atoms with Gasteiger partial charge in [0.25, 0.3) is 5.56 Å². The average molecular weight is 334 g/mol. The van der Waals surface area contributed by atoms with Gasteiger partial charge in [-0.15, -0.1) is 11.3 Å². The fourth-order valence-corrected chi connectivity index (χ4v) is 3.88. The fraction of sp³-hybridized carbons (Fsp3) is 0.200. The van der Waals surface area contributed by atoms with E-state index in [9.17, 15) is 9.90 Å². The molecule has 0 saturated heterocycles. The molecule has 1 aromatic carbocycles. The molecule has 0 saturated carbocycles. The topological polar surface area (TPSA) is 75.2 Å². The molecule has 7 heteroatoms. The normalized spacial score (nSPS) is 10.9. The molecule has 2 N–H and O–H groups in total. The van der Waals surface area contributed by atoms with Crippen LogP contribution in [0.5, 0.6) is 11.5 Å². The Kier molecular flexibility index (Phi) is 4.65. The number of pyridine rings is 1. The van der Waals surface area contributed by atoms with E-state index in [0.717, 1.165) is 22.3 Å². The van der Waals surface area contributed by atoms with Crippen molar-refractivity contribution in [2.75, 3.05) is 12.4 Å². The standard InChI is InChI=1S/C15H14N2O3S2/c18-11-9-12(19)16-14-13(11)22-15(17-14)21-8-4-7-20-10-5-2-1-3-6-10/h1-3,5-6,9H,4,7-8H2,(H2,16,18,19). The van der Waals surface area contributed by atoms with Crippen LogP contribution in [0.2, 0.25) is 0 Å². The highest BCUT2D eigenvalue weighted by molar-refractivity contribution is 8.01. The molecular weight excluding hydrogens is 320 g/mol. The van der Waals surface area contributed by atoms with Crippen molar-refractivity contribution in [3.63, 3.8) is 0 Å². The molecule has 3 rings (SSSR count). The highest BCUT2D eigenvalue weighted by Crippen LogP contribution is 2.33. The van der Waals surface area contributed by atoms with E-state index < -0.39 is 0 Å². The van der Waals surface area contributed by atoms with Crippen LogP contribution in [0.25, 0.3) is 10.3 Å². The van der Waals surface area contributed by atoms with E-state index in [0.29, 0.717) is 17.0 Å². The number of nitrogens with one attached hydrogen (secondary N) is 1. The van der Waals surface area contributed by atoms with Crippen LogP contribution in [-0.2, 0) is 0 Å². The number of hydrogen-bond donors (Lipinski definition) is 2. The number of thiazole rings is 1. The summed E-state index contributed by atoms with van der Waals surface area (Å²) >= 11 is 2.97. The first-order valence-corrected chi connectivity index (χ1v) is 8.56. The molecule has 0 aliphatic heterocycles. The number of rotatable bonds is 6. The SMILES string of the molecule is O=c1cc(O)c2sc(SCCCOc3ccccc3)nc2[nH]1. The zero-order valence-electron chi connectivity index (χ0n) is 11.6. The Morgan fingerprint density at radius 2 is 2.14 bits per heavy atom. The third-order valence-corrected chi connectivity index (χ3v) is 5.18. The molecule has 2 aromatic heterocycles. The van der Waals surface area contributed by atoms with E-state index in [2.05, 4.69) is 9.97 Å². The molecule has 22 heavy (non-hydrogen) atoms. The van der Waals surface area contributed by atoms with Gasteiger partial charge in [0.15, 0.2) is 9.99 Å². The first-order chi connectivity index (χ1) is 10.7. The first-order valence-electron chi connectivity index (χ1n) is 6.76. The molecule has 0 spiro atoms. The molecule has 0 radical (unpaired) electrons. The summed E-state index contributed by atoms with van der Waals surface area (Å²) in [5.74, 6) is 1.71. The third kappa shape index (κ3) is 3.61. The molecule has 0 fully saturated rings. The van der Waals surface area contributed by atoms with Gasteiger partial charge in [0, 0.05) is 11.8 Å². The highest BCUT2D eigenvalue weighted by Gasteiger charge is 2.09. The molecule has 0 amide bonds. The number of nitrogens with zero attached hydrogens (tertiary/aromatic N) is 1. The van der Waals surface area contributed by atoms with Crippen molar-refractivity contribution in [3.05, 3.63) is 46.8 Å². The molecular formula is C15H14N2O3S2. The smallest absolute Gasteiger partial charge is 0.253 e. The molecule has 2 heterocycles. The minimum atomic E-state index is -0.344. The quantitative estimate of drug-likeness (QED) is 0.534. The van der Waals surface area contributed by atoms with Gasteiger partial charge < -0.3 is 14.8 Å². The molecule has 0 bridgehead atoms. The van der Waals surface area contributed by atoms with Gasteiger partial charge in [-0.25, -0.2) is 4.98 Å². The summed E-state index contributed by atoms with van der Waals surface area (Å²) < 4.78 is 7.06. The maximum absolute atomic E-state index is 11.3. The van der Waals surface area contributed by atoms with Crippen LogP contribution >= 0.6 is 23.1 Å². The van der Waals surface area contributed by atoms with Crippen molar-refractivity contribution < 1.29 is 9.84 Å². The lowest BCUT2D eigenvalue weighted by Gasteiger charge is -2.04. The minimum Gasteiger partial charge on any atom is -0.506 e. The molecule has 114 valence electrons. The second-order valence-corrected chi connectivity index (χ2v) is 6.88. The maximum Gasteiger partial charge on any atom is 0.253 e. The molecule has 0 aliphatic carbocycles. The van der Waals surface area contributed by atoms with Crippen molar-refractivity contribution in [3.8, 4) is 11.5 Å². The number of ether oxygens (including phenoxy) is 1. The van der Waals surface area contributed by atoms with Gasteiger partial charge in [0.05, 0.1) is 6.61 Å². The number of aromatic nitrogens is 2. The second-order valence-electron chi connectivity index (χ2n) is 4.54. The Labute approximate surface area is 135 Å². The number of benzene rings is 1. The average Bonchev–Trinajstić information content (AvgIpc) is 2.91. The number of hydrogen-bond acceptors (Lipinski definition) is 6. The summed E-state index contributed by atoms with van der Waals surface area (Å²) in [6.07, 6.45) is 0.887. The fourth-order valence-electron chi connectivity index (χ4n) is 1.89. The van der Waals surface area contributed by atoms with E-state index in [-0.39, 0.29) is 11.3 Å². The van der Waals surface area contributed by atoms with Gasteiger partial charge in [-0.2, -0.15) is 0 Å². The van der Waals surface area contributed by atoms with Gasteiger partial charge in [0.1, 0.15) is 16.2 Å². The third-order valence-electron chi connectivity index (χ3n) is 2.88. The van der Waals surface area contributed by atoms with Crippen LogP contribution in [0.3, 0.4) is 0 Å². The van der Waals surface area contributed by atoms with Crippen LogP contribution in [0.15, 0.2) is 45.5 Å². The molecule has 5 nitrogen and oxygen atoms in total. The predicted octanol–water partition coefficient (Wildman–Crippen LogP) is 3.25. The number of para-hydroxylation sites is 1. The summed E-state index contributed by atoms with van der Waals surface area (Å²) in [5, 5.41) is 9.72. The number of H-pyrrole nitrogens is 1. The predicted molar refractivity (Wildman–Crippen MR) is 89.2 cm³/mol. The first kappa shape index (κ1) is 14.9. The molecule has 0 unspecified atom stereocenters. The highest BCUT2D eigenvalue weighted by atomic mass is 32.2. The summed E-state index contributed by atoms with van der Waals surface area (Å²) in [4.78, 5) is 18.2. The van der Waals surface area contributed by atoms with Crippen molar-refractivity contribution in [2.45, 2.75) is 10.8 Å². The largest absolute Gasteiger partial charge is 0.506 e. The Hall–Kier alpha value is -1.99. The number of aromatic amines is 1. The number of thioether (sulfide) groups is 1. The van der Waals surface area contributed by atoms with Crippen LogP contribution in [-0.4, -0.2) is 27.4 Å². The zero-order valence-corrected chi connectivity index (χ0v) is 13.2. The van der Waals surface area contributed by atoms with Gasteiger partial charge in [-0.1, -0.05) is 30.0 Å². The monoisotopic (exact) mass is 334 g/mol. The molecule has 3 aromatic rings. The van der Waals surface area contributed by atoms with Crippen LogP contribution in [0.1, 0.15) is 6.42 Å². The van der Waals surface area contributed by atoms with Gasteiger partial charge in [0.2, 0.25) is 0 Å². The zero-order chi connectivity index (χ0) is 15.4. The van der Waals surface area contributed by atoms with E-state index in [4.69, 9.17) is 4.74 Å². The Morgan fingerprint density at radius 3 is 2.95 bits per heavy atom. The Bertz CT molecular complexity index is 815. The van der Waals surface area contributed by atoms with E-state index in [1.165, 1.54) is 17.4 Å². The van der Waals surface area contributed by atoms with E-state index >= 15 is 0 Å². The Morgan fingerprint density at radius 1 is 1.32 bits per heavy atom. The van der Waals surface area contributed by atoms with Crippen molar-refractivity contribution in [2.24, 2.45) is 0 Å². The van der Waals surface area contributed by atoms with Crippen LogP contribution in [0, 0.1) is 0 Å². The van der Waals surface area contributed by atoms with Crippen LogP contribution < -0.4 is 10.3 Å². The van der Waals surface area contributed by atoms with Crippen molar-refractivity contribution in [1.82, 2.24) is 9.97 Å². The lowest BCUT2D eigenvalue weighted by atomic mass is 10.3. The van der Waals surface area contributed by atoms with E-state index in [1.54, 1.807) is 11.8 Å². The number of aromatic hydroxyl groups is 1. The van der Waals surface area contributed by atoms with Crippen molar-refractivity contribution in [1.29, 1.82) is 0 Å². The molecule has 0 aliphatic rings. The van der Waals surface area contributed by atoms with E-state index in [1.807, 2.05) is 30.3 Å². The second kappa shape index (κ2) is 6.85. The summed E-state index contributed by atoms with van der Waals surface area (Å²) in [5.41, 5.74) is 0.0983. The summed E-state index contributed by atoms with van der Waals surface area (Å²) in [7, 11) is 0. The van der Waals surface area contributed by atoms with Gasteiger partial charge in [-0.3, -0.25) is 4.79 Å². The van der Waals surface area contributed by atoms with Gasteiger partial charge in [-0.05, 0) is 18.6 Å². The van der Waals surface area contributed by atoms with Crippen molar-refractivity contribution >= 4 is 33.4 Å². The minimum absolute atomic E-state index is 0.0180. The molecule has 0 atom stereocenters. The Balaban J connectivity index is 1.52. The lowest BCUT2D eigenvalue weighted by molar-refractivity contribution is 0.319. The summed E-state index contributed by atoms with van der Waals surface area (Å²) in [6, 6.07) is 10.9. The van der Waals surface area contributed by atoms with Gasteiger partial charge >= 0.3 is 0 Å². The summed E-state index contributed by atoms with van der Waals surface area (Å²) in [6.45, 7) is 0.643. The van der Waals surface area contributed by atoms with Crippen LogP contribution in [0.4, 0.5) is 0 Å².